The van der Waals surface area contributed by atoms with E-state index in [2.05, 4.69) is 29.6 Å². The number of benzene rings is 1. The number of amidine groups is 1. The van der Waals surface area contributed by atoms with Crippen molar-refractivity contribution in [2.75, 3.05) is 6.54 Å². The summed E-state index contributed by atoms with van der Waals surface area (Å²) >= 11 is 0. The lowest BCUT2D eigenvalue weighted by Crippen LogP contribution is -2.42. The summed E-state index contributed by atoms with van der Waals surface area (Å²) in [7, 11) is 0. The molecule has 1 atom stereocenters. The van der Waals surface area contributed by atoms with Gasteiger partial charge in [0.25, 0.3) is 0 Å². The van der Waals surface area contributed by atoms with Crippen molar-refractivity contribution in [2.24, 2.45) is 16.8 Å². The van der Waals surface area contributed by atoms with Gasteiger partial charge in [0.1, 0.15) is 0 Å². The summed E-state index contributed by atoms with van der Waals surface area (Å²) in [5.41, 5.74) is 7.16. The molecule has 0 saturated heterocycles. The van der Waals surface area contributed by atoms with Gasteiger partial charge in [0.05, 0.1) is 6.04 Å². The second kappa shape index (κ2) is 8.26. The molecule has 0 heterocycles. The third-order valence-corrected chi connectivity index (χ3v) is 3.02. The average Bonchev–Trinajstić information content (AvgIpc) is 2.49. The number of hydrogen-bond donors (Lipinski definition) is 4. The Hall–Kier alpha value is -2.08. The molecule has 0 fully saturated rings. The minimum absolute atomic E-state index is 0.0173. The molecule has 1 aromatic rings. The Morgan fingerprint density at radius 1 is 1.38 bits per heavy atom. The molecule has 0 aromatic heterocycles. The van der Waals surface area contributed by atoms with Crippen LogP contribution in [-0.2, 0) is 11.3 Å². The van der Waals surface area contributed by atoms with Crippen LogP contribution < -0.4 is 16.4 Å². The molecule has 6 heteroatoms. The van der Waals surface area contributed by atoms with Gasteiger partial charge in [0, 0.05) is 18.7 Å². The number of nitrogens with two attached hydrogens (primary N) is 1. The number of oxime groups is 1. The van der Waals surface area contributed by atoms with Gasteiger partial charge in [-0.2, -0.15) is 0 Å². The Morgan fingerprint density at radius 3 is 2.71 bits per heavy atom. The van der Waals surface area contributed by atoms with Crippen LogP contribution >= 0.6 is 0 Å². The Labute approximate surface area is 125 Å². The van der Waals surface area contributed by atoms with Gasteiger partial charge in [-0.3, -0.25) is 4.79 Å². The first-order chi connectivity index (χ1) is 9.93. The minimum atomic E-state index is -0.281. The van der Waals surface area contributed by atoms with Crippen LogP contribution in [0.1, 0.15) is 31.9 Å². The summed E-state index contributed by atoms with van der Waals surface area (Å²) in [5, 5.41) is 17.7. The van der Waals surface area contributed by atoms with Gasteiger partial charge >= 0.3 is 0 Å². The lowest BCUT2D eigenvalue weighted by atomic mass is 10.1. The highest BCUT2D eigenvalue weighted by molar-refractivity contribution is 5.97. The van der Waals surface area contributed by atoms with E-state index in [4.69, 9.17) is 10.9 Å². The zero-order chi connectivity index (χ0) is 15.8. The molecule has 6 nitrogen and oxygen atoms in total. The molecule has 0 aliphatic carbocycles. The molecule has 0 spiro atoms. The van der Waals surface area contributed by atoms with Crippen LogP contribution in [0.2, 0.25) is 0 Å². The van der Waals surface area contributed by atoms with Gasteiger partial charge in [-0.1, -0.05) is 37.2 Å². The van der Waals surface area contributed by atoms with Crippen LogP contribution in [0.3, 0.4) is 0 Å². The van der Waals surface area contributed by atoms with E-state index in [0.717, 1.165) is 5.56 Å². The van der Waals surface area contributed by atoms with Gasteiger partial charge in [0.2, 0.25) is 5.91 Å². The molecule has 0 radical (unpaired) electrons. The topological polar surface area (TPSA) is 99.7 Å². The molecule has 1 unspecified atom stereocenters. The maximum Gasteiger partial charge on any atom is 0.236 e. The average molecular weight is 292 g/mol. The normalized spacial score (nSPS) is 13.2. The van der Waals surface area contributed by atoms with Crippen LogP contribution in [0.15, 0.2) is 29.4 Å². The molecule has 1 amide bonds. The van der Waals surface area contributed by atoms with Crippen molar-refractivity contribution in [1.29, 1.82) is 0 Å². The Bertz CT molecular complexity index is 500. The quantitative estimate of drug-likeness (QED) is 0.261. The monoisotopic (exact) mass is 292 g/mol. The molecule has 116 valence electrons. The fraction of sp³-hybridized carbons (Fsp3) is 0.467. The Kier molecular flexibility index (Phi) is 6.68. The van der Waals surface area contributed by atoms with Crippen LogP contribution in [0.5, 0.6) is 0 Å². The number of nitrogens with one attached hydrogen (secondary N) is 2. The largest absolute Gasteiger partial charge is 0.409 e. The zero-order valence-electron chi connectivity index (χ0n) is 12.8. The predicted octanol–water partition coefficient (Wildman–Crippen LogP) is 1.03. The first-order valence-corrected chi connectivity index (χ1v) is 7.02. The second-order valence-corrected chi connectivity index (χ2v) is 5.43. The van der Waals surface area contributed by atoms with E-state index in [-0.39, 0.29) is 17.8 Å². The standard InChI is InChI=1S/C15H24N4O2/c1-10(2)8-18-15(20)11(3)17-9-12-5-4-6-13(7-12)14(16)19-21/h4-7,10-11,17,21H,8-9H2,1-3H3,(H2,16,19)(H,18,20). The van der Waals surface area contributed by atoms with Crippen molar-refractivity contribution < 1.29 is 10.0 Å². The fourth-order valence-corrected chi connectivity index (χ4v) is 1.72. The van der Waals surface area contributed by atoms with Gasteiger partial charge in [-0.15, -0.1) is 0 Å². The van der Waals surface area contributed by atoms with E-state index in [1.165, 1.54) is 0 Å². The van der Waals surface area contributed by atoms with E-state index >= 15 is 0 Å². The van der Waals surface area contributed by atoms with Crippen LogP contribution in [0.4, 0.5) is 0 Å². The molecular formula is C15H24N4O2. The summed E-state index contributed by atoms with van der Waals surface area (Å²) in [6.45, 7) is 7.13. The Morgan fingerprint density at radius 2 is 2.10 bits per heavy atom. The third-order valence-electron chi connectivity index (χ3n) is 3.02. The zero-order valence-corrected chi connectivity index (χ0v) is 12.8. The first-order valence-electron chi connectivity index (χ1n) is 7.02. The maximum absolute atomic E-state index is 11.8. The first kappa shape index (κ1) is 17.0. The maximum atomic E-state index is 11.8. The van der Waals surface area contributed by atoms with E-state index in [1.54, 1.807) is 6.07 Å². The van der Waals surface area contributed by atoms with Crippen LogP contribution in [0.25, 0.3) is 0 Å². The van der Waals surface area contributed by atoms with Crippen molar-refractivity contribution in [3.63, 3.8) is 0 Å². The van der Waals surface area contributed by atoms with Crippen molar-refractivity contribution in [3.05, 3.63) is 35.4 Å². The highest BCUT2D eigenvalue weighted by Crippen LogP contribution is 2.05. The summed E-state index contributed by atoms with van der Waals surface area (Å²) in [4.78, 5) is 11.8. The van der Waals surface area contributed by atoms with Crippen LogP contribution in [0, 0.1) is 5.92 Å². The summed E-state index contributed by atoms with van der Waals surface area (Å²) in [6.07, 6.45) is 0. The molecule has 0 aliphatic heterocycles. The van der Waals surface area contributed by atoms with E-state index in [9.17, 15) is 4.79 Å². The number of hydrogen-bond acceptors (Lipinski definition) is 4. The number of carbonyl (C=O) groups excluding carboxylic acids is 1. The number of nitrogens with zero attached hydrogens (tertiary/aromatic N) is 1. The van der Waals surface area contributed by atoms with Crippen molar-refractivity contribution >= 4 is 11.7 Å². The molecule has 1 aromatic carbocycles. The number of rotatable bonds is 7. The van der Waals surface area contributed by atoms with Crippen molar-refractivity contribution in [2.45, 2.75) is 33.4 Å². The molecule has 0 aliphatic rings. The lowest BCUT2D eigenvalue weighted by molar-refractivity contribution is -0.122. The molecule has 5 N–H and O–H groups in total. The molecule has 0 saturated carbocycles. The van der Waals surface area contributed by atoms with Crippen molar-refractivity contribution in [3.8, 4) is 0 Å². The van der Waals surface area contributed by atoms with Gasteiger partial charge in [-0.25, -0.2) is 0 Å². The smallest absolute Gasteiger partial charge is 0.236 e. The van der Waals surface area contributed by atoms with E-state index in [1.807, 2.05) is 25.1 Å². The van der Waals surface area contributed by atoms with Crippen LogP contribution in [-0.4, -0.2) is 29.5 Å². The highest BCUT2D eigenvalue weighted by Gasteiger charge is 2.12. The van der Waals surface area contributed by atoms with E-state index < -0.39 is 0 Å². The molecule has 21 heavy (non-hydrogen) atoms. The summed E-state index contributed by atoms with van der Waals surface area (Å²) < 4.78 is 0. The van der Waals surface area contributed by atoms with E-state index in [0.29, 0.717) is 24.6 Å². The predicted molar refractivity (Wildman–Crippen MR) is 83.1 cm³/mol. The summed E-state index contributed by atoms with van der Waals surface area (Å²) in [5.74, 6) is 0.481. The molecule has 0 bridgehead atoms. The van der Waals surface area contributed by atoms with Crippen molar-refractivity contribution in [1.82, 2.24) is 10.6 Å². The second-order valence-electron chi connectivity index (χ2n) is 5.43. The van der Waals surface area contributed by atoms with Gasteiger partial charge in [0.15, 0.2) is 5.84 Å². The fourth-order valence-electron chi connectivity index (χ4n) is 1.72. The molecule has 1 rings (SSSR count). The molecular weight excluding hydrogens is 268 g/mol. The summed E-state index contributed by atoms with van der Waals surface area (Å²) in [6, 6.07) is 7.04. The lowest BCUT2D eigenvalue weighted by Gasteiger charge is -2.15. The third kappa shape index (κ3) is 5.83. The minimum Gasteiger partial charge on any atom is -0.409 e. The number of amides is 1. The van der Waals surface area contributed by atoms with Gasteiger partial charge < -0.3 is 21.6 Å². The SMILES string of the molecule is CC(C)CNC(=O)C(C)NCc1cccc(/C(N)=N/O)c1. The van der Waals surface area contributed by atoms with Gasteiger partial charge in [-0.05, 0) is 24.5 Å². The highest BCUT2D eigenvalue weighted by atomic mass is 16.4. The number of carbonyl (C=O) groups is 1. The Balaban J connectivity index is 2.53.